The van der Waals surface area contributed by atoms with Gasteiger partial charge in [0.2, 0.25) is 0 Å². The fourth-order valence-electron chi connectivity index (χ4n) is 3.33. The van der Waals surface area contributed by atoms with E-state index in [-0.39, 0.29) is 0 Å². The highest BCUT2D eigenvalue weighted by atomic mass is 32.1. The first-order chi connectivity index (χ1) is 13.7. The Morgan fingerprint density at radius 2 is 1.71 bits per heavy atom. The number of hydrogen-bond acceptors (Lipinski definition) is 6. The van der Waals surface area contributed by atoms with Crippen LogP contribution in [0.1, 0.15) is 5.56 Å². The van der Waals surface area contributed by atoms with Gasteiger partial charge < -0.3 is 29.3 Å². The first kappa shape index (κ1) is 20.1. The summed E-state index contributed by atoms with van der Waals surface area (Å²) < 4.78 is 16.3. The highest BCUT2D eigenvalue weighted by Gasteiger charge is 2.21. The number of thiophene rings is 1. The quantitative estimate of drug-likeness (QED) is 0.590. The summed E-state index contributed by atoms with van der Waals surface area (Å²) in [5.74, 6) is 2.97. The molecule has 2 aromatic rings. The number of piperazine rings is 1. The smallest absolute Gasteiger partial charge is 0.194 e. The van der Waals surface area contributed by atoms with Crippen LogP contribution in [0.2, 0.25) is 0 Å². The van der Waals surface area contributed by atoms with Crippen molar-refractivity contribution >= 4 is 22.3 Å². The second-order valence-electron chi connectivity index (χ2n) is 6.35. The monoisotopic (exact) mass is 404 g/mol. The van der Waals surface area contributed by atoms with E-state index >= 15 is 0 Å². The Balaban J connectivity index is 1.63. The van der Waals surface area contributed by atoms with Crippen molar-refractivity contribution in [2.75, 3.05) is 59.5 Å². The Hall–Kier alpha value is -2.61. The number of nitrogens with one attached hydrogen (secondary N) is 1. The minimum Gasteiger partial charge on any atom is -0.496 e. The van der Waals surface area contributed by atoms with Crippen LogP contribution in [-0.4, -0.2) is 65.4 Å². The van der Waals surface area contributed by atoms with Gasteiger partial charge in [-0.2, -0.15) is 0 Å². The molecule has 0 spiro atoms. The maximum atomic E-state index is 5.52. The van der Waals surface area contributed by atoms with Crippen LogP contribution in [0.15, 0.2) is 34.6 Å². The summed E-state index contributed by atoms with van der Waals surface area (Å²) in [5, 5.41) is 6.91. The predicted octanol–water partition coefficient (Wildman–Crippen LogP) is 2.67. The predicted molar refractivity (Wildman–Crippen MR) is 114 cm³/mol. The van der Waals surface area contributed by atoms with Gasteiger partial charge in [0.15, 0.2) is 17.5 Å². The zero-order valence-electron chi connectivity index (χ0n) is 16.9. The number of rotatable bonds is 6. The number of hydrogen-bond donors (Lipinski definition) is 1. The first-order valence-electron chi connectivity index (χ1n) is 9.23. The van der Waals surface area contributed by atoms with E-state index in [1.807, 2.05) is 19.2 Å². The maximum absolute atomic E-state index is 5.52. The summed E-state index contributed by atoms with van der Waals surface area (Å²) in [5.41, 5.74) is 0.985. The van der Waals surface area contributed by atoms with Crippen LogP contribution in [0.25, 0.3) is 0 Å². The molecule has 0 amide bonds. The van der Waals surface area contributed by atoms with E-state index in [1.54, 1.807) is 32.7 Å². The summed E-state index contributed by atoms with van der Waals surface area (Å²) in [6.45, 7) is 4.42. The SMILES string of the molecule is CN=C(NCc1cc(OC)c(OC)cc1OC)N1CCN(c2cccs2)CC1. The Morgan fingerprint density at radius 1 is 1.04 bits per heavy atom. The minimum absolute atomic E-state index is 0.585. The summed E-state index contributed by atoms with van der Waals surface area (Å²) >= 11 is 1.79. The lowest BCUT2D eigenvalue weighted by Gasteiger charge is -2.37. The van der Waals surface area contributed by atoms with Crippen LogP contribution >= 0.6 is 11.3 Å². The molecule has 3 rings (SSSR count). The second kappa shape index (κ2) is 9.54. The first-order valence-corrected chi connectivity index (χ1v) is 10.1. The lowest BCUT2D eigenvalue weighted by Crippen LogP contribution is -2.52. The van der Waals surface area contributed by atoms with Gasteiger partial charge in [-0.25, -0.2) is 0 Å². The molecule has 0 aliphatic carbocycles. The van der Waals surface area contributed by atoms with Crippen molar-refractivity contribution in [3.63, 3.8) is 0 Å². The zero-order valence-corrected chi connectivity index (χ0v) is 17.7. The average molecular weight is 405 g/mol. The molecule has 1 saturated heterocycles. The normalized spacial score (nSPS) is 14.8. The van der Waals surface area contributed by atoms with Crippen LogP contribution in [-0.2, 0) is 6.54 Å². The molecular weight excluding hydrogens is 376 g/mol. The van der Waals surface area contributed by atoms with Crippen LogP contribution < -0.4 is 24.4 Å². The summed E-state index contributed by atoms with van der Waals surface area (Å²) in [6, 6.07) is 8.06. The number of nitrogens with zero attached hydrogens (tertiary/aromatic N) is 3. The van der Waals surface area contributed by atoms with E-state index < -0.39 is 0 Å². The third-order valence-electron chi connectivity index (χ3n) is 4.83. The molecule has 0 radical (unpaired) electrons. The Kier molecular flexibility index (Phi) is 6.86. The van der Waals surface area contributed by atoms with Crippen LogP contribution in [0.3, 0.4) is 0 Å². The summed E-state index contributed by atoms with van der Waals surface area (Å²) in [7, 11) is 6.73. The number of benzene rings is 1. The van der Waals surface area contributed by atoms with Crippen molar-refractivity contribution in [3.8, 4) is 17.2 Å². The van der Waals surface area contributed by atoms with Gasteiger partial charge >= 0.3 is 0 Å². The molecule has 0 bridgehead atoms. The third-order valence-corrected chi connectivity index (χ3v) is 5.76. The molecule has 2 heterocycles. The zero-order chi connectivity index (χ0) is 19.9. The van der Waals surface area contributed by atoms with E-state index in [0.717, 1.165) is 43.5 Å². The van der Waals surface area contributed by atoms with Crippen molar-refractivity contribution in [3.05, 3.63) is 35.2 Å². The van der Waals surface area contributed by atoms with Crippen LogP contribution in [0.5, 0.6) is 17.2 Å². The van der Waals surface area contributed by atoms with Gasteiger partial charge in [-0.05, 0) is 23.6 Å². The van der Waals surface area contributed by atoms with E-state index in [0.29, 0.717) is 18.0 Å². The Morgan fingerprint density at radius 3 is 2.29 bits per heavy atom. The van der Waals surface area contributed by atoms with Crippen molar-refractivity contribution in [2.24, 2.45) is 4.99 Å². The standard InChI is InChI=1S/C20H28N4O3S/c1-21-20(24-9-7-23(8-10-24)19-6-5-11-28-19)22-14-15-12-17(26-3)18(27-4)13-16(15)25-2/h5-6,11-13H,7-10,14H2,1-4H3,(H,21,22). The van der Waals surface area contributed by atoms with Gasteiger partial charge in [0.25, 0.3) is 0 Å². The van der Waals surface area contributed by atoms with Gasteiger partial charge in [-0.1, -0.05) is 0 Å². The fourth-order valence-corrected chi connectivity index (χ4v) is 4.11. The Bertz CT molecular complexity index is 787. The Labute approximate surface area is 170 Å². The van der Waals surface area contributed by atoms with Crippen molar-refractivity contribution < 1.29 is 14.2 Å². The third kappa shape index (κ3) is 4.44. The molecule has 1 aromatic heterocycles. The van der Waals surface area contributed by atoms with Crippen molar-refractivity contribution in [1.29, 1.82) is 0 Å². The fraction of sp³-hybridized carbons (Fsp3) is 0.450. The topological polar surface area (TPSA) is 58.6 Å². The van der Waals surface area contributed by atoms with Gasteiger partial charge in [0.1, 0.15) is 5.75 Å². The highest BCUT2D eigenvalue weighted by molar-refractivity contribution is 7.14. The number of ether oxygens (including phenoxy) is 3. The molecular formula is C20H28N4O3S. The molecule has 8 heteroatoms. The van der Waals surface area contributed by atoms with Gasteiger partial charge in [-0.15, -0.1) is 11.3 Å². The number of guanidine groups is 1. The lowest BCUT2D eigenvalue weighted by atomic mass is 10.1. The van der Waals surface area contributed by atoms with Gasteiger partial charge in [-0.3, -0.25) is 4.99 Å². The van der Waals surface area contributed by atoms with E-state index in [4.69, 9.17) is 14.2 Å². The van der Waals surface area contributed by atoms with Gasteiger partial charge in [0.05, 0.1) is 26.3 Å². The molecule has 1 N–H and O–H groups in total. The number of anilines is 1. The summed E-state index contributed by atoms with van der Waals surface area (Å²) in [6.07, 6.45) is 0. The molecule has 28 heavy (non-hydrogen) atoms. The molecule has 0 saturated carbocycles. The molecule has 1 aromatic carbocycles. The number of aliphatic imine (C=N–C) groups is 1. The maximum Gasteiger partial charge on any atom is 0.194 e. The summed E-state index contributed by atoms with van der Waals surface area (Å²) in [4.78, 5) is 9.18. The molecule has 1 aliphatic heterocycles. The van der Waals surface area contributed by atoms with E-state index in [2.05, 4.69) is 37.6 Å². The van der Waals surface area contributed by atoms with Crippen molar-refractivity contribution in [1.82, 2.24) is 10.2 Å². The largest absolute Gasteiger partial charge is 0.496 e. The second-order valence-corrected chi connectivity index (χ2v) is 7.27. The van der Waals surface area contributed by atoms with Gasteiger partial charge in [0, 0.05) is 51.4 Å². The van der Waals surface area contributed by atoms with E-state index in [9.17, 15) is 0 Å². The molecule has 0 atom stereocenters. The lowest BCUT2D eigenvalue weighted by molar-refractivity contribution is 0.347. The average Bonchev–Trinajstić information content (AvgIpc) is 3.29. The van der Waals surface area contributed by atoms with Crippen molar-refractivity contribution in [2.45, 2.75) is 6.54 Å². The number of methoxy groups -OCH3 is 3. The van der Waals surface area contributed by atoms with Crippen LogP contribution in [0.4, 0.5) is 5.00 Å². The molecule has 1 fully saturated rings. The minimum atomic E-state index is 0.585. The van der Waals surface area contributed by atoms with Crippen LogP contribution in [0, 0.1) is 0 Å². The molecule has 152 valence electrons. The highest BCUT2D eigenvalue weighted by Crippen LogP contribution is 2.34. The van der Waals surface area contributed by atoms with E-state index in [1.165, 1.54) is 5.00 Å². The molecule has 0 unspecified atom stereocenters. The molecule has 7 nitrogen and oxygen atoms in total. The molecule has 1 aliphatic rings.